The fraction of sp³-hybridized carbons (Fsp3) is 0.529. The molecule has 0 aliphatic heterocycles. The number of benzene rings is 2. The minimum Gasteiger partial charge on any atom is -0.487 e. The molecule has 0 aliphatic rings. The number of aromatic nitrogens is 1. The van der Waals surface area contributed by atoms with Crippen molar-refractivity contribution in [1.82, 2.24) is 4.98 Å². The quantitative estimate of drug-likeness (QED) is 0.0815. The summed E-state index contributed by atoms with van der Waals surface area (Å²) in [5.74, 6) is 0.324. The van der Waals surface area contributed by atoms with Gasteiger partial charge in [0.25, 0.3) is 0 Å². The summed E-state index contributed by atoms with van der Waals surface area (Å²) in [6.45, 7) is 0.577. The second-order valence-corrected chi connectivity index (χ2v) is 11.9. The standard InChI is InChI=1S/C34H45NO3S/c36-34-31(27-28-21-16-18-23-30(28)38-34)37-26-20-14-12-10-8-6-4-2-1-3-5-7-9-11-13-15-25-33-35-29-22-17-19-24-32(29)39-33/h16-19,21-24,27H,1-15,20,25-26H2. The minimum absolute atomic E-state index is 0.324. The Labute approximate surface area is 237 Å². The number of ether oxygens (including phenoxy) is 1. The van der Waals surface area contributed by atoms with Crippen molar-refractivity contribution in [2.45, 2.75) is 109 Å². The van der Waals surface area contributed by atoms with Crippen LogP contribution < -0.4 is 10.4 Å². The molecular weight excluding hydrogens is 502 g/mol. The van der Waals surface area contributed by atoms with Crippen LogP contribution in [0.25, 0.3) is 21.2 Å². The maximum Gasteiger partial charge on any atom is 0.379 e. The average Bonchev–Trinajstić information content (AvgIpc) is 3.37. The van der Waals surface area contributed by atoms with Gasteiger partial charge in [-0.15, -0.1) is 11.3 Å². The van der Waals surface area contributed by atoms with Crippen molar-refractivity contribution < 1.29 is 9.15 Å². The highest BCUT2D eigenvalue weighted by Gasteiger charge is 2.06. The van der Waals surface area contributed by atoms with Crippen LogP contribution in [0.15, 0.2) is 63.8 Å². The van der Waals surface area contributed by atoms with Crippen molar-refractivity contribution in [1.29, 1.82) is 0 Å². The molecule has 0 amide bonds. The third kappa shape index (κ3) is 10.4. The molecule has 4 nitrogen and oxygen atoms in total. The maximum absolute atomic E-state index is 12.0. The molecule has 4 rings (SSSR count). The summed E-state index contributed by atoms with van der Waals surface area (Å²) in [7, 11) is 0. The lowest BCUT2D eigenvalue weighted by molar-refractivity contribution is 0.290. The lowest BCUT2D eigenvalue weighted by Gasteiger charge is -2.06. The molecule has 0 bridgehead atoms. The van der Waals surface area contributed by atoms with E-state index in [0.29, 0.717) is 17.9 Å². The molecule has 0 fully saturated rings. The van der Waals surface area contributed by atoms with E-state index in [-0.39, 0.29) is 5.63 Å². The van der Waals surface area contributed by atoms with Crippen molar-refractivity contribution in [3.05, 3.63) is 70.0 Å². The van der Waals surface area contributed by atoms with Crippen molar-refractivity contribution in [2.24, 2.45) is 0 Å². The first kappa shape index (κ1) is 29.3. The van der Waals surface area contributed by atoms with Gasteiger partial charge in [-0.3, -0.25) is 0 Å². The van der Waals surface area contributed by atoms with Gasteiger partial charge in [-0.1, -0.05) is 120 Å². The second-order valence-electron chi connectivity index (χ2n) is 10.8. The maximum atomic E-state index is 12.0. The SMILES string of the molecule is O=c1oc2ccccc2cc1OCCCCCCCCCCCCCCCCCCc1nc2ccccc2s1. The number of aryl methyl sites for hydroxylation is 1. The largest absolute Gasteiger partial charge is 0.487 e. The molecule has 0 saturated heterocycles. The number of rotatable bonds is 20. The van der Waals surface area contributed by atoms with Crippen LogP contribution in [-0.2, 0) is 6.42 Å². The van der Waals surface area contributed by atoms with E-state index >= 15 is 0 Å². The molecule has 0 saturated carbocycles. The third-order valence-corrected chi connectivity index (χ3v) is 8.59. The first-order valence-electron chi connectivity index (χ1n) is 15.3. The number of nitrogens with zero attached hydrogens (tertiary/aromatic N) is 1. The van der Waals surface area contributed by atoms with Crippen LogP contribution >= 0.6 is 11.3 Å². The van der Waals surface area contributed by atoms with Gasteiger partial charge >= 0.3 is 5.63 Å². The van der Waals surface area contributed by atoms with Crippen LogP contribution in [0.2, 0.25) is 0 Å². The Balaban J connectivity index is 0.879. The molecule has 0 spiro atoms. The number of para-hydroxylation sites is 2. The highest BCUT2D eigenvalue weighted by atomic mass is 32.1. The van der Waals surface area contributed by atoms with Crippen LogP contribution in [0, 0.1) is 0 Å². The third-order valence-electron chi connectivity index (χ3n) is 7.49. The predicted octanol–water partition coefficient (Wildman–Crippen LogP) is 10.3. The van der Waals surface area contributed by atoms with Gasteiger partial charge in [-0.25, -0.2) is 9.78 Å². The molecule has 0 radical (unpaired) electrons. The Morgan fingerprint density at radius 3 is 1.90 bits per heavy atom. The summed E-state index contributed by atoms with van der Waals surface area (Å²) >= 11 is 1.86. The van der Waals surface area contributed by atoms with E-state index in [1.165, 1.54) is 99.6 Å². The van der Waals surface area contributed by atoms with Gasteiger partial charge in [-0.2, -0.15) is 0 Å². The van der Waals surface area contributed by atoms with E-state index in [1.807, 2.05) is 29.5 Å². The normalized spacial score (nSPS) is 11.5. The average molecular weight is 548 g/mol. The van der Waals surface area contributed by atoms with E-state index in [9.17, 15) is 4.79 Å². The molecule has 39 heavy (non-hydrogen) atoms. The number of thiazole rings is 1. The van der Waals surface area contributed by atoms with Gasteiger partial charge in [0, 0.05) is 5.39 Å². The van der Waals surface area contributed by atoms with Gasteiger partial charge in [0.1, 0.15) is 5.58 Å². The molecule has 0 aliphatic carbocycles. The Bertz CT molecular complexity index is 1260. The zero-order valence-electron chi connectivity index (χ0n) is 23.5. The first-order chi connectivity index (χ1) is 19.3. The van der Waals surface area contributed by atoms with Gasteiger partial charge < -0.3 is 9.15 Å². The molecule has 210 valence electrons. The molecule has 2 aromatic carbocycles. The molecule has 0 atom stereocenters. The summed E-state index contributed by atoms with van der Waals surface area (Å²) in [5, 5.41) is 2.20. The van der Waals surface area contributed by atoms with Crippen LogP contribution in [0.1, 0.15) is 108 Å². The van der Waals surface area contributed by atoms with Gasteiger partial charge in [0.15, 0.2) is 0 Å². The summed E-state index contributed by atoms with van der Waals surface area (Å²) in [6.07, 6.45) is 22.3. The van der Waals surface area contributed by atoms with Crippen LogP contribution in [0.5, 0.6) is 5.75 Å². The van der Waals surface area contributed by atoms with E-state index in [4.69, 9.17) is 14.1 Å². The number of unbranched alkanes of at least 4 members (excludes halogenated alkanes) is 15. The zero-order valence-corrected chi connectivity index (χ0v) is 24.3. The van der Waals surface area contributed by atoms with Crippen LogP contribution in [0.3, 0.4) is 0 Å². The summed E-state index contributed by atoms with van der Waals surface area (Å²) < 4.78 is 12.3. The van der Waals surface area contributed by atoms with Gasteiger partial charge in [0.2, 0.25) is 5.75 Å². The van der Waals surface area contributed by atoms with Crippen LogP contribution in [-0.4, -0.2) is 11.6 Å². The highest BCUT2D eigenvalue weighted by molar-refractivity contribution is 7.18. The Hall–Kier alpha value is -2.66. The van der Waals surface area contributed by atoms with Crippen LogP contribution in [0.4, 0.5) is 0 Å². The molecule has 5 heteroatoms. The fourth-order valence-corrected chi connectivity index (χ4v) is 6.21. The van der Waals surface area contributed by atoms with Crippen molar-refractivity contribution in [2.75, 3.05) is 6.61 Å². The van der Waals surface area contributed by atoms with E-state index in [2.05, 4.69) is 24.3 Å². The smallest absolute Gasteiger partial charge is 0.379 e. The lowest BCUT2D eigenvalue weighted by Crippen LogP contribution is -2.07. The number of hydrogen-bond acceptors (Lipinski definition) is 5. The highest BCUT2D eigenvalue weighted by Crippen LogP contribution is 2.23. The number of fused-ring (bicyclic) bond motifs is 2. The van der Waals surface area contributed by atoms with E-state index in [0.717, 1.165) is 30.2 Å². The molecule has 4 aromatic rings. The summed E-state index contributed by atoms with van der Waals surface area (Å²) in [5.41, 5.74) is 1.38. The Morgan fingerprint density at radius 1 is 0.667 bits per heavy atom. The topological polar surface area (TPSA) is 52.3 Å². The zero-order chi connectivity index (χ0) is 27.0. The molecule has 2 aromatic heterocycles. The minimum atomic E-state index is -0.388. The predicted molar refractivity (Wildman–Crippen MR) is 165 cm³/mol. The molecule has 0 unspecified atom stereocenters. The fourth-order valence-electron chi connectivity index (χ4n) is 5.21. The lowest BCUT2D eigenvalue weighted by atomic mass is 10.0. The summed E-state index contributed by atoms with van der Waals surface area (Å²) in [6, 6.07) is 17.8. The van der Waals surface area contributed by atoms with Gasteiger partial charge in [-0.05, 0) is 43.5 Å². The number of hydrogen-bond donors (Lipinski definition) is 0. The van der Waals surface area contributed by atoms with Crippen molar-refractivity contribution >= 4 is 32.5 Å². The summed E-state index contributed by atoms with van der Waals surface area (Å²) in [4.78, 5) is 16.8. The first-order valence-corrected chi connectivity index (χ1v) is 16.1. The molecular formula is C34H45NO3S. The Kier molecular flexibility index (Phi) is 12.9. The van der Waals surface area contributed by atoms with E-state index in [1.54, 1.807) is 12.1 Å². The second kappa shape index (κ2) is 17.1. The van der Waals surface area contributed by atoms with Gasteiger partial charge in [0.05, 0.1) is 21.8 Å². The van der Waals surface area contributed by atoms with E-state index < -0.39 is 0 Å². The van der Waals surface area contributed by atoms with Crippen molar-refractivity contribution in [3.8, 4) is 5.75 Å². The Morgan fingerprint density at radius 2 is 1.23 bits per heavy atom. The van der Waals surface area contributed by atoms with Crippen molar-refractivity contribution in [3.63, 3.8) is 0 Å². The molecule has 2 heterocycles. The molecule has 0 N–H and O–H groups in total. The monoisotopic (exact) mass is 547 g/mol.